The third-order valence-corrected chi connectivity index (χ3v) is 2.83. The molecule has 0 aromatic heterocycles. The van der Waals surface area contributed by atoms with Crippen LogP contribution in [0, 0.1) is 17.2 Å². The summed E-state index contributed by atoms with van der Waals surface area (Å²) in [4.78, 5) is 15.6. The molecular formula is C10H17N3O. The minimum absolute atomic E-state index is 0.0622. The van der Waals surface area contributed by atoms with Gasteiger partial charge in [-0.2, -0.15) is 5.26 Å². The zero-order valence-corrected chi connectivity index (χ0v) is 9.03. The van der Waals surface area contributed by atoms with Gasteiger partial charge in [-0.15, -0.1) is 0 Å². The predicted molar refractivity (Wildman–Crippen MR) is 53.4 cm³/mol. The van der Waals surface area contributed by atoms with E-state index in [1.54, 1.807) is 18.9 Å². The van der Waals surface area contributed by atoms with Crippen LogP contribution in [0.15, 0.2) is 0 Å². The molecule has 0 aromatic carbocycles. The van der Waals surface area contributed by atoms with E-state index in [0.717, 1.165) is 19.5 Å². The first-order valence-corrected chi connectivity index (χ1v) is 4.91. The smallest absolute Gasteiger partial charge is 0.239 e. The second-order valence-electron chi connectivity index (χ2n) is 4.00. The van der Waals surface area contributed by atoms with Crippen LogP contribution in [-0.4, -0.2) is 48.9 Å². The molecule has 0 radical (unpaired) electrons. The first-order valence-electron chi connectivity index (χ1n) is 4.91. The van der Waals surface area contributed by atoms with Gasteiger partial charge in [-0.3, -0.25) is 4.79 Å². The highest BCUT2D eigenvalue weighted by atomic mass is 16.2. The number of nitrogens with zero attached hydrogens (tertiary/aromatic N) is 3. The van der Waals surface area contributed by atoms with Gasteiger partial charge in [-0.1, -0.05) is 0 Å². The van der Waals surface area contributed by atoms with E-state index in [1.165, 1.54) is 0 Å². The van der Waals surface area contributed by atoms with E-state index in [-0.39, 0.29) is 11.9 Å². The number of hydrogen-bond donors (Lipinski definition) is 0. The van der Waals surface area contributed by atoms with Crippen LogP contribution in [0.1, 0.15) is 13.3 Å². The molecule has 0 spiro atoms. The van der Waals surface area contributed by atoms with Crippen molar-refractivity contribution in [1.29, 1.82) is 5.26 Å². The lowest BCUT2D eigenvalue weighted by Gasteiger charge is -2.25. The molecule has 2 unspecified atom stereocenters. The van der Waals surface area contributed by atoms with Crippen LogP contribution >= 0.6 is 0 Å². The summed E-state index contributed by atoms with van der Waals surface area (Å²) in [5, 5.41) is 8.64. The van der Waals surface area contributed by atoms with E-state index in [0.29, 0.717) is 0 Å². The fourth-order valence-electron chi connectivity index (χ4n) is 1.77. The Kier molecular flexibility index (Phi) is 3.48. The van der Waals surface area contributed by atoms with Gasteiger partial charge < -0.3 is 9.80 Å². The summed E-state index contributed by atoms with van der Waals surface area (Å²) in [6.07, 6.45) is 1.01. The summed E-state index contributed by atoms with van der Waals surface area (Å²) in [5.41, 5.74) is 0. The summed E-state index contributed by atoms with van der Waals surface area (Å²) >= 11 is 0. The maximum Gasteiger partial charge on any atom is 0.239 e. The van der Waals surface area contributed by atoms with Crippen LogP contribution in [0.5, 0.6) is 0 Å². The van der Waals surface area contributed by atoms with Crippen LogP contribution in [0.4, 0.5) is 0 Å². The van der Waals surface area contributed by atoms with E-state index >= 15 is 0 Å². The van der Waals surface area contributed by atoms with Crippen molar-refractivity contribution in [3.05, 3.63) is 0 Å². The van der Waals surface area contributed by atoms with Gasteiger partial charge in [0.15, 0.2) is 0 Å². The zero-order chi connectivity index (χ0) is 10.7. The van der Waals surface area contributed by atoms with Crippen LogP contribution in [0.2, 0.25) is 0 Å². The molecule has 78 valence electrons. The molecule has 0 aliphatic carbocycles. The molecule has 1 fully saturated rings. The first-order chi connectivity index (χ1) is 6.56. The summed E-state index contributed by atoms with van der Waals surface area (Å²) < 4.78 is 0. The Morgan fingerprint density at radius 3 is 2.79 bits per heavy atom. The number of carbonyl (C=O) groups is 1. The van der Waals surface area contributed by atoms with Crippen LogP contribution < -0.4 is 0 Å². The third kappa shape index (κ3) is 2.24. The Morgan fingerprint density at radius 1 is 1.71 bits per heavy atom. The summed E-state index contributed by atoms with van der Waals surface area (Å²) in [6.45, 7) is 3.60. The molecule has 1 heterocycles. The molecule has 14 heavy (non-hydrogen) atoms. The number of rotatable bonds is 2. The van der Waals surface area contributed by atoms with E-state index < -0.39 is 5.92 Å². The van der Waals surface area contributed by atoms with Gasteiger partial charge in [0.25, 0.3) is 0 Å². The SMILES string of the molecule is CC(C#N)C(=O)N(C)C1CCN(C)C1. The van der Waals surface area contributed by atoms with Crippen molar-refractivity contribution in [3.8, 4) is 6.07 Å². The predicted octanol–water partition coefficient (Wildman–Crippen LogP) is 0.309. The van der Waals surface area contributed by atoms with Crippen LogP contribution in [-0.2, 0) is 4.79 Å². The van der Waals surface area contributed by atoms with Gasteiger partial charge >= 0.3 is 0 Å². The van der Waals surface area contributed by atoms with Gasteiger partial charge in [0.2, 0.25) is 5.91 Å². The molecule has 0 saturated carbocycles. The molecular weight excluding hydrogens is 178 g/mol. The normalized spacial score (nSPS) is 24.3. The maximum absolute atomic E-state index is 11.7. The van der Waals surface area contributed by atoms with Gasteiger partial charge in [-0.05, 0) is 26.9 Å². The number of likely N-dealkylation sites (N-methyl/N-ethyl adjacent to an activating group) is 2. The molecule has 1 saturated heterocycles. The molecule has 0 N–H and O–H groups in total. The van der Waals surface area contributed by atoms with E-state index in [2.05, 4.69) is 4.90 Å². The highest BCUT2D eigenvalue weighted by molar-refractivity contribution is 5.80. The van der Waals surface area contributed by atoms with E-state index in [9.17, 15) is 4.79 Å². The Labute approximate surface area is 85.1 Å². The van der Waals surface area contributed by atoms with Crippen molar-refractivity contribution in [2.75, 3.05) is 27.2 Å². The largest absolute Gasteiger partial charge is 0.340 e. The molecule has 4 heteroatoms. The summed E-state index contributed by atoms with van der Waals surface area (Å²) in [5.74, 6) is -0.585. The second kappa shape index (κ2) is 4.43. The quantitative estimate of drug-likeness (QED) is 0.637. The molecule has 0 bridgehead atoms. The Bertz CT molecular complexity index is 259. The van der Waals surface area contributed by atoms with E-state index in [4.69, 9.17) is 5.26 Å². The number of nitriles is 1. The molecule has 4 nitrogen and oxygen atoms in total. The molecule has 1 aliphatic heterocycles. The van der Waals surface area contributed by atoms with Crippen molar-refractivity contribution >= 4 is 5.91 Å². The average Bonchev–Trinajstić information content (AvgIpc) is 2.61. The fourth-order valence-corrected chi connectivity index (χ4v) is 1.77. The second-order valence-corrected chi connectivity index (χ2v) is 4.00. The van der Waals surface area contributed by atoms with Crippen molar-refractivity contribution < 1.29 is 4.79 Å². The maximum atomic E-state index is 11.7. The molecule has 1 amide bonds. The molecule has 1 rings (SSSR count). The Morgan fingerprint density at radius 2 is 2.36 bits per heavy atom. The van der Waals surface area contributed by atoms with Crippen LogP contribution in [0.3, 0.4) is 0 Å². The highest BCUT2D eigenvalue weighted by Crippen LogP contribution is 2.14. The molecule has 0 aromatic rings. The average molecular weight is 195 g/mol. The van der Waals surface area contributed by atoms with Crippen LogP contribution in [0.25, 0.3) is 0 Å². The standard InChI is InChI=1S/C10H17N3O/c1-8(6-11)10(14)13(3)9-4-5-12(2)7-9/h8-9H,4-5,7H2,1-3H3. The van der Waals surface area contributed by atoms with Crippen molar-refractivity contribution in [1.82, 2.24) is 9.80 Å². The lowest BCUT2D eigenvalue weighted by Crippen LogP contribution is -2.41. The molecule has 1 aliphatic rings. The van der Waals surface area contributed by atoms with Crippen molar-refractivity contribution in [3.63, 3.8) is 0 Å². The minimum atomic E-state index is -0.522. The molecule has 2 atom stereocenters. The Balaban J connectivity index is 2.53. The van der Waals surface area contributed by atoms with Crippen molar-refractivity contribution in [2.24, 2.45) is 5.92 Å². The summed E-state index contributed by atoms with van der Waals surface area (Å²) in [7, 11) is 3.84. The highest BCUT2D eigenvalue weighted by Gasteiger charge is 2.28. The minimum Gasteiger partial charge on any atom is -0.340 e. The monoisotopic (exact) mass is 195 g/mol. The van der Waals surface area contributed by atoms with Gasteiger partial charge in [-0.25, -0.2) is 0 Å². The summed E-state index contributed by atoms with van der Waals surface area (Å²) in [6, 6.07) is 2.26. The van der Waals surface area contributed by atoms with Gasteiger partial charge in [0.1, 0.15) is 5.92 Å². The number of amides is 1. The van der Waals surface area contributed by atoms with Gasteiger partial charge in [0, 0.05) is 19.6 Å². The zero-order valence-electron chi connectivity index (χ0n) is 9.03. The van der Waals surface area contributed by atoms with Crippen molar-refractivity contribution in [2.45, 2.75) is 19.4 Å². The number of hydrogen-bond acceptors (Lipinski definition) is 3. The third-order valence-electron chi connectivity index (χ3n) is 2.83. The first kappa shape index (κ1) is 11.0. The van der Waals surface area contributed by atoms with Gasteiger partial charge in [0.05, 0.1) is 6.07 Å². The lowest BCUT2D eigenvalue weighted by molar-refractivity contribution is -0.133. The number of likely N-dealkylation sites (tertiary alicyclic amines) is 1. The Hall–Kier alpha value is -1.08. The lowest BCUT2D eigenvalue weighted by atomic mass is 10.1. The topological polar surface area (TPSA) is 47.3 Å². The fraction of sp³-hybridized carbons (Fsp3) is 0.800. The number of carbonyl (C=O) groups excluding carboxylic acids is 1. The van der Waals surface area contributed by atoms with E-state index in [1.807, 2.05) is 13.1 Å².